The zero-order valence-corrected chi connectivity index (χ0v) is 28.5. The molecule has 8 rings (SSSR count). The lowest BCUT2D eigenvalue weighted by Crippen LogP contribution is -2.56. The predicted octanol–water partition coefficient (Wildman–Crippen LogP) is 6.05. The summed E-state index contributed by atoms with van der Waals surface area (Å²) in [5, 5.41) is 9.27. The second kappa shape index (κ2) is 12.7. The van der Waals surface area contributed by atoms with E-state index in [1.54, 1.807) is 6.20 Å². The van der Waals surface area contributed by atoms with Crippen molar-refractivity contribution in [2.45, 2.75) is 62.9 Å². The highest BCUT2D eigenvalue weighted by molar-refractivity contribution is 6.35. The average Bonchev–Trinajstić information content (AvgIpc) is 3.48. The van der Waals surface area contributed by atoms with E-state index in [0.717, 1.165) is 54.3 Å². The predicted molar refractivity (Wildman–Crippen MR) is 186 cm³/mol. The first-order valence-electron chi connectivity index (χ1n) is 17.0. The van der Waals surface area contributed by atoms with E-state index in [1.165, 1.54) is 4.90 Å². The van der Waals surface area contributed by atoms with Gasteiger partial charge in [0.25, 0.3) is 5.91 Å². The molecular weight excluding hydrogens is 666 g/mol. The number of aromatic amines is 1. The molecule has 0 radical (unpaired) electrons. The molecule has 4 fully saturated rings. The van der Waals surface area contributed by atoms with E-state index in [9.17, 15) is 13.6 Å². The lowest BCUT2D eigenvalue weighted by atomic mass is 9.94. The topological polar surface area (TPSA) is 104 Å². The molecule has 5 heterocycles. The second-order valence-electron chi connectivity index (χ2n) is 13.9. The molecule has 1 saturated carbocycles. The molecule has 0 spiro atoms. The minimum atomic E-state index is -1.07. The van der Waals surface area contributed by atoms with Gasteiger partial charge in [-0.2, -0.15) is 15.1 Å². The number of benzene rings is 2. The number of carbonyl (C=O) groups is 1. The second-order valence-corrected chi connectivity index (χ2v) is 14.3. The average molecular weight is 703 g/mol. The number of nitrogens with one attached hydrogen (secondary N) is 1. The van der Waals surface area contributed by atoms with Gasteiger partial charge in [-0.25, -0.2) is 15.4 Å². The number of hydrogen-bond acceptors (Lipinski definition) is 8. The molecule has 0 bridgehead atoms. The molecule has 2 aromatic carbocycles. The lowest BCUT2D eigenvalue weighted by Gasteiger charge is -2.40. The maximum Gasteiger partial charge on any atom is 0.319 e. The molecule has 14 heteroatoms. The molecule has 1 amide bonds. The Morgan fingerprint density at radius 1 is 1.20 bits per heavy atom. The number of H-pyrrole nitrogens is 1. The highest BCUT2D eigenvalue weighted by Crippen LogP contribution is 2.49. The molecule has 0 unspecified atom stereocenters. The van der Waals surface area contributed by atoms with Crippen molar-refractivity contribution in [2.75, 3.05) is 50.8 Å². The molecule has 1 N–H and O–H groups in total. The summed E-state index contributed by atoms with van der Waals surface area (Å²) in [5.74, 6) is -0.891. The third kappa shape index (κ3) is 5.68. The van der Waals surface area contributed by atoms with Crippen molar-refractivity contribution in [3.05, 3.63) is 58.8 Å². The first-order chi connectivity index (χ1) is 24.2. The van der Waals surface area contributed by atoms with Gasteiger partial charge >= 0.3 is 6.01 Å². The molecule has 4 aliphatic rings. The number of aromatic nitrogens is 4. The summed E-state index contributed by atoms with van der Waals surface area (Å²) in [5.41, 5.74) is 3.47. The normalized spacial score (nSPS) is 23.7. The molecule has 2 aromatic heterocycles. The van der Waals surface area contributed by atoms with Gasteiger partial charge in [0.2, 0.25) is 6.54 Å². The summed E-state index contributed by atoms with van der Waals surface area (Å²) < 4.78 is 41.8. The number of aryl methyl sites for hydroxylation is 1. The summed E-state index contributed by atoms with van der Waals surface area (Å²) >= 11 is 7.23. The van der Waals surface area contributed by atoms with Crippen LogP contribution >= 0.6 is 11.6 Å². The van der Waals surface area contributed by atoms with Crippen molar-refractivity contribution >= 4 is 45.1 Å². The molecule has 3 saturated heterocycles. The number of anilines is 1. The highest BCUT2D eigenvalue weighted by Gasteiger charge is 2.49. The van der Waals surface area contributed by atoms with E-state index in [4.69, 9.17) is 37.6 Å². The van der Waals surface area contributed by atoms with Crippen LogP contribution in [0.25, 0.3) is 37.8 Å². The number of amides is 1. The fourth-order valence-corrected chi connectivity index (χ4v) is 8.30. The van der Waals surface area contributed by atoms with Crippen molar-refractivity contribution < 1.29 is 23.0 Å². The monoisotopic (exact) mass is 702 g/mol. The van der Waals surface area contributed by atoms with Crippen LogP contribution < -0.4 is 14.4 Å². The van der Waals surface area contributed by atoms with Gasteiger partial charge < -0.3 is 24.1 Å². The van der Waals surface area contributed by atoms with Gasteiger partial charge in [-0.15, -0.1) is 0 Å². The van der Waals surface area contributed by atoms with Gasteiger partial charge in [0.15, 0.2) is 11.6 Å². The van der Waals surface area contributed by atoms with Crippen LogP contribution in [0.5, 0.6) is 11.8 Å². The molecular formula is C36H37ClF2N8O3. The van der Waals surface area contributed by atoms with Crippen molar-refractivity contribution in [1.82, 2.24) is 30.0 Å². The fraction of sp³-hybridized carbons (Fsp3) is 0.472. The van der Waals surface area contributed by atoms with E-state index in [2.05, 4.69) is 26.5 Å². The van der Waals surface area contributed by atoms with Gasteiger partial charge in [0, 0.05) is 54.5 Å². The number of carbonyl (C=O) groups excluding carboxylic acids is 1. The standard InChI is InChI=1S/C36H37ClF2N8O3/c1-20-5-8-28-26(16-41-44-28)29(20)30-27(37)13-25-31(32(30)50-24-6-7-24)42-35(49-19-36-9-4-10-46(36)17-22(39)14-36)43-33(25)45-11-12-47(34(48)21(2)38)23(18-45)15-40-3/h5,8,13,16,22-24H,2,4,6-7,9-12,14-15,17-19H2,1H3,(H,41,44)/t22-,23+,36+/m1/s1. The Morgan fingerprint density at radius 2 is 2.04 bits per heavy atom. The Morgan fingerprint density at radius 3 is 2.82 bits per heavy atom. The minimum Gasteiger partial charge on any atom is -0.487 e. The number of alkyl halides is 1. The summed E-state index contributed by atoms with van der Waals surface area (Å²) in [6.45, 7) is 14.8. The van der Waals surface area contributed by atoms with Crippen molar-refractivity contribution in [1.29, 1.82) is 0 Å². The molecule has 1 aliphatic carbocycles. The minimum absolute atomic E-state index is 0.0145. The zero-order chi connectivity index (χ0) is 34.7. The largest absolute Gasteiger partial charge is 0.487 e. The number of fused-ring (bicyclic) bond motifs is 3. The summed E-state index contributed by atoms with van der Waals surface area (Å²) in [4.78, 5) is 31.7. The Labute approximate surface area is 293 Å². The number of nitrogens with zero attached hydrogens (tertiary/aromatic N) is 7. The maximum absolute atomic E-state index is 14.7. The Bertz CT molecular complexity index is 2060. The van der Waals surface area contributed by atoms with Crippen LogP contribution in [0.3, 0.4) is 0 Å². The van der Waals surface area contributed by atoms with Crippen molar-refractivity contribution in [3.8, 4) is 22.9 Å². The van der Waals surface area contributed by atoms with Crippen molar-refractivity contribution in [2.24, 2.45) is 0 Å². The van der Waals surface area contributed by atoms with Gasteiger partial charge in [-0.1, -0.05) is 24.2 Å². The van der Waals surface area contributed by atoms with E-state index in [0.29, 0.717) is 52.6 Å². The molecule has 3 atom stereocenters. The first-order valence-corrected chi connectivity index (χ1v) is 17.4. The van der Waals surface area contributed by atoms with Gasteiger partial charge in [-0.05, 0) is 56.8 Å². The fourth-order valence-electron chi connectivity index (χ4n) is 8.01. The molecule has 11 nitrogen and oxygen atoms in total. The quantitative estimate of drug-likeness (QED) is 0.166. The van der Waals surface area contributed by atoms with E-state index in [-0.39, 0.29) is 38.4 Å². The van der Waals surface area contributed by atoms with Gasteiger partial charge in [-0.3, -0.25) is 14.8 Å². The summed E-state index contributed by atoms with van der Waals surface area (Å²) in [6.07, 6.45) is 4.81. The van der Waals surface area contributed by atoms with Crippen LogP contribution in [-0.4, -0.2) is 106 Å². The van der Waals surface area contributed by atoms with Crippen LogP contribution in [0, 0.1) is 13.5 Å². The number of piperazine rings is 1. The Kier molecular flexibility index (Phi) is 8.26. The number of halogens is 3. The summed E-state index contributed by atoms with van der Waals surface area (Å²) in [6, 6.07) is 5.31. The van der Waals surface area contributed by atoms with Crippen LogP contribution in [-0.2, 0) is 4.79 Å². The smallest absolute Gasteiger partial charge is 0.319 e. The first kappa shape index (κ1) is 32.7. The third-order valence-corrected chi connectivity index (χ3v) is 10.9. The van der Waals surface area contributed by atoms with E-state index >= 15 is 0 Å². The zero-order valence-electron chi connectivity index (χ0n) is 27.7. The number of rotatable bonds is 9. The maximum atomic E-state index is 14.7. The SMILES string of the molecule is [C-]#[N+]C[C@H]1CN(c2nc(OC[C@@]34CCCN3C[C@H](F)C4)nc3c(OC4CC4)c(-c4c(C)ccc5[nH]ncc45)c(Cl)cc23)CCN1C(=O)C(=C)F. The van der Waals surface area contributed by atoms with Gasteiger partial charge in [0.1, 0.15) is 30.2 Å². The van der Waals surface area contributed by atoms with Crippen molar-refractivity contribution in [3.63, 3.8) is 0 Å². The van der Waals surface area contributed by atoms with Crippen LogP contribution in [0.2, 0.25) is 5.02 Å². The molecule has 260 valence electrons. The molecule has 4 aromatic rings. The third-order valence-electron chi connectivity index (χ3n) is 10.6. The van der Waals surface area contributed by atoms with E-state index in [1.807, 2.05) is 30.0 Å². The van der Waals surface area contributed by atoms with Crippen LogP contribution in [0.15, 0.2) is 36.8 Å². The van der Waals surface area contributed by atoms with E-state index < -0.39 is 29.5 Å². The Hall–Kier alpha value is -4.54. The number of ether oxygens (including phenoxy) is 2. The van der Waals surface area contributed by atoms with Gasteiger partial charge in [0.05, 0.1) is 28.4 Å². The molecule has 3 aliphatic heterocycles. The number of hydrogen-bond donors (Lipinski definition) is 1. The molecule has 50 heavy (non-hydrogen) atoms. The lowest BCUT2D eigenvalue weighted by molar-refractivity contribution is -0.131. The highest BCUT2D eigenvalue weighted by atomic mass is 35.5. The Balaban J connectivity index is 1.29. The van der Waals surface area contributed by atoms with Crippen LogP contribution in [0.1, 0.15) is 37.7 Å². The summed E-state index contributed by atoms with van der Waals surface area (Å²) in [7, 11) is 0. The van der Waals surface area contributed by atoms with Crippen LogP contribution in [0.4, 0.5) is 14.6 Å².